The molecule has 0 saturated carbocycles. The van der Waals surface area contributed by atoms with Crippen molar-refractivity contribution in [2.75, 3.05) is 46.1 Å². The predicted molar refractivity (Wildman–Crippen MR) is 54.3 cm³/mol. The summed E-state index contributed by atoms with van der Waals surface area (Å²) >= 11 is 0. The first-order valence-electron chi connectivity index (χ1n) is 5.40. The Balaban J connectivity index is 2.21. The zero-order valence-electron chi connectivity index (χ0n) is 9.20. The fourth-order valence-electron chi connectivity index (χ4n) is 1.52. The molecule has 4 nitrogen and oxygen atoms in total. The highest BCUT2D eigenvalue weighted by molar-refractivity contribution is 4.63. The molecule has 0 spiro atoms. The van der Waals surface area contributed by atoms with Crippen LogP contribution >= 0.6 is 0 Å². The predicted octanol–water partition coefficient (Wildman–Crippen LogP) is 0.718. The Morgan fingerprint density at radius 1 is 1.14 bits per heavy atom. The largest absolute Gasteiger partial charge is 0.379 e. The lowest BCUT2D eigenvalue weighted by Crippen LogP contribution is -2.42. The summed E-state index contributed by atoms with van der Waals surface area (Å²) in [4.78, 5) is 2.32. The van der Waals surface area contributed by atoms with Crippen LogP contribution in [0.3, 0.4) is 0 Å². The number of morpholine rings is 1. The molecule has 1 heterocycles. The minimum atomic E-state index is -0.0805. The fourth-order valence-corrected chi connectivity index (χ4v) is 1.52. The van der Waals surface area contributed by atoms with Gasteiger partial charge in [0.15, 0.2) is 6.29 Å². The van der Waals surface area contributed by atoms with E-state index in [0.717, 1.165) is 32.8 Å². The van der Waals surface area contributed by atoms with Crippen molar-refractivity contribution in [2.45, 2.75) is 20.1 Å². The molecule has 0 radical (unpaired) electrons. The lowest BCUT2D eigenvalue weighted by molar-refractivity contribution is -0.152. The molecular formula is C10H21NO3. The molecule has 1 aliphatic heterocycles. The smallest absolute Gasteiger partial charge is 0.170 e. The molecule has 0 atom stereocenters. The molecule has 4 heteroatoms. The van der Waals surface area contributed by atoms with Gasteiger partial charge in [0.25, 0.3) is 0 Å². The lowest BCUT2D eigenvalue weighted by atomic mass is 10.4. The van der Waals surface area contributed by atoms with Crippen molar-refractivity contribution in [1.29, 1.82) is 0 Å². The van der Waals surface area contributed by atoms with E-state index >= 15 is 0 Å². The molecule has 0 amide bonds. The minimum Gasteiger partial charge on any atom is -0.379 e. The average molecular weight is 203 g/mol. The SMILES string of the molecule is CCOC(CN1CCOCC1)OCC. The second kappa shape index (κ2) is 7.17. The van der Waals surface area contributed by atoms with E-state index in [0.29, 0.717) is 13.2 Å². The highest BCUT2D eigenvalue weighted by Crippen LogP contribution is 2.02. The summed E-state index contributed by atoms with van der Waals surface area (Å²) in [6, 6.07) is 0. The van der Waals surface area contributed by atoms with Gasteiger partial charge in [-0.1, -0.05) is 0 Å². The van der Waals surface area contributed by atoms with Gasteiger partial charge in [-0.25, -0.2) is 0 Å². The molecule has 14 heavy (non-hydrogen) atoms. The Morgan fingerprint density at radius 2 is 1.71 bits per heavy atom. The number of ether oxygens (including phenoxy) is 3. The van der Waals surface area contributed by atoms with Crippen molar-refractivity contribution in [3.63, 3.8) is 0 Å². The zero-order chi connectivity index (χ0) is 10.2. The van der Waals surface area contributed by atoms with Gasteiger partial charge < -0.3 is 14.2 Å². The number of hydrogen-bond donors (Lipinski definition) is 0. The van der Waals surface area contributed by atoms with Crippen LogP contribution in [0.2, 0.25) is 0 Å². The Kier molecular flexibility index (Phi) is 6.10. The summed E-state index contributed by atoms with van der Waals surface area (Å²) in [5.74, 6) is 0. The van der Waals surface area contributed by atoms with Crippen LogP contribution in [0.4, 0.5) is 0 Å². The third-order valence-corrected chi connectivity index (χ3v) is 2.22. The van der Waals surface area contributed by atoms with Crippen LogP contribution < -0.4 is 0 Å². The molecule has 0 aromatic heterocycles. The lowest BCUT2D eigenvalue weighted by Gasteiger charge is -2.29. The molecule has 84 valence electrons. The van der Waals surface area contributed by atoms with Gasteiger partial charge in [-0.2, -0.15) is 0 Å². The summed E-state index contributed by atoms with van der Waals surface area (Å²) in [7, 11) is 0. The molecule has 0 aliphatic carbocycles. The molecule has 0 bridgehead atoms. The number of rotatable bonds is 6. The minimum absolute atomic E-state index is 0.0805. The Labute approximate surface area is 86.1 Å². The molecule has 0 unspecified atom stereocenters. The van der Waals surface area contributed by atoms with E-state index in [2.05, 4.69) is 4.90 Å². The summed E-state index contributed by atoms with van der Waals surface area (Å²) < 4.78 is 16.2. The number of hydrogen-bond acceptors (Lipinski definition) is 4. The maximum atomic E-state index is 5.48. The summed E-state index contributed by atoms with van der Waals surface area (Å²) in [5.41, 5.74) is 0. The molecule has 1 saturated heterocycles. The zero-order valence-corrected chi connectivity index (χ0v) is 9.20. The van der Waals surface area contributed by atoms with Gasteiger partial charge in [-0.15, -0.1) is 0 Å². The van der Waals surface area contributed by atoms with Gasteiger partial charge in [0.05, 0.1) is 13.2 Å². The standard InChI is InChI=1S/C10H21NO3/c1-3-13-10(14-4-2)9-11-5-7-12-8-6-11/h10H,3-9H2,1-2H3. The van der Waals surface area contributed by atoms with Gasteiger partial charge in [0.1, 0.15) is 0 Å². The van der Waals surface area contributed by atoms with Crippen molar-refractivity contribution in [3.8, 4) is 0 Å². The van der Waals surface area contributed by atoms with Crippen molar-refractivity contribution in [1.82, 2.24) is 4.90 Å². The molecule has 1 aliphatic rings. The molecule has 1 fully saturated rings. The van der Waals surface area contributed by atoms with Crippen LogP contribution in [0.1, 0.15) is 13.8 Å². The van der Waals surface area contributed by atoms with Crippen molar-refractivity contribution < 1.29 is 14.2 Å². The molecule has 1 rings (SSSR count). The van der Waals surface area contributed by atoms with Gasteiger partial charge in [-0.05, 0) is 13.8 Å². The highest BCUT2D eigenvalue weighted by atomic mass is 16.7. The number of nitrogens with zero attached hydrogens (tertiary/aromatic N) is 1. The monoisotopic (exact) mass is 203 g/mol. The van der Waals surface area contributed by atoms with E-state index < -0.39 is 0 Å². The van der Waals surface area contributed by atoms with E-state index in [1.54, 1.807) is 0 Å². The van der Waals surface area contributed by atoms with Crippen LogP contribution in [-0.2, 0) is 14.2 Å². The first-order valence-corrected chi connectivity index (χ1v) is 5.40. The molecular weight excluding hydrogens is 182 g/mol. The van der Waals surface area contributed by atoms with E-state index in [9.17, 15) is 0 Å². The Bertz CT molecular complexity index is 131. The Hall–Kier alpha value is -0.160. The summed E-state index contributed by atoms with van der Waals surface area (Å²) in [6.45, 7) is 9.86. The second-order valence-electron chi connectivity index (χ2n) is 3.25. The van der Waals surface area contributed by atoms with Gasteiger partial charge in [-0.3, -0.25) is 4.90 Å². The third-order valence-electron chi connectivity index (χ3n) is 2.22. The van der Waals surface area contributed by atoms with Crippen LogP contribution in [0, 0.1) is 0 Å². The van der Waals surface area contributed by atoms with E-state index in [1.165, 1.54) is 0 Å². The van der Waals surface area contributed by atoms with Gasteiger partial charge in [0, 0.05) is 32.8 Å². The molecule has 0 aromatic carbocycles. The molecule has 0 N–H and O–H groups in total. The fraction of sp³-hybridized carbons (Fsp3) is 1.00. The van der Waals surface area contributed by atoms with Crippen molar-refractivity contribution in [2.24, 2.45) is 0 Å². The third kappa shape index (κ3) is 4.37. The average Bonchev–Trinajstić information content (AvgIpc) is 2.20. The van der Waals surface area contributed by atoms with Crippen molar-refractivity contribution in [3.05, 3.63) is 0 Å². The van der Waals surface area contributed by atoms with E-state index in [1.807, 2.05) is 13.8 Å². The second-order valence-corrected chi connectivity index (χ2v) is 3.25. The van der Waals surface area contributed by atoms with Crippen LogP contribution in [0.25, 0.3) is 0 Å². The Morgan fingerprint density at radius 3 is 2.21 bits per heavy atom. The van der Waals surface area contributed by atoms with Gasteiger partial charge >= 0.3 is 0 Å². The first-order chi connectivity index (χ1) is 6.86. The first kappa shape index (κ1) is 11.9. The van der Waals surface area contributed by atoms with Crippen LogP contribution in [0.5, 0.6) is 0 Å². The normalized spacial score (nSPS) is 19.1. The van der Waals surface area contributed by atoms with E-state index in [-0.39, 0.29) is 6.29 Å². The summed E-state index contributed by atoms with van der Waals surface area (Å²) in [5, 5.41) is 0. The topological polar surface area (TPSA) is 30.9 Å². The van der Waals surface area contributed by atoms with E-state index in [4.69, 9.17) is 14.2 Å². The van der Waals surface area contributed by atoms with Gasteiger partial charge in [0.2, 0.25) is 0 Å². The maximum absolute atomic E-state index is 5.48. The summed E-state index contributed by atoms with van der Waals surface area (Å²) in [6.07, 6.45) is -0.0805. The van der Waals surface area contributed by atoms with Crippen LogP contribution in [0.15, 0.2) is 0 Å². The quantitative estimate of drug-likeness (QED) is 0.595. The maximum Gasteiger partial charge on any atom is 0.170 e. The highest BCUT2D eigenvalue weighted by Gasteiger charge is 2.16. The van der Waals surface area contributed by atoms with Crippen molar-refractivity contribution >= 4 is 0 Å². The molecule has 0 aromatic rings. The van der Waals surface area contributed by atoms with Crippen LogP contribution in [-0.4, -0.2) is 57.3 Å².